The molecule has 3 atom stereocenters. The molecule has 0 saturated carbocycles. The van der Waals surface area contributed by atoms with Gasteiger partial charge in [0.25, 0.3) is 0 Å². The molecule has 1 amide bonds. The minimum absolute atomic E-state index is 0.141. The molecule has 0 fully saturated rings. The molecule has 0 bridgehead atoms. The van der Waals surface area contributed by atoms with E-state index in [1.165, 1.54) is 0 Å². The Bertz CT molecular complexity index is 1210. The van der Waals surface area contributed by atoms with Crippen LogP contribution in [0.1, 0.15) is 51.2 Å². The minimum atomic E-state index is -3.30. The molecule has 0 unspecified atom stereocenters. The summed E-state index contributed by atoms with van der Waals surface area (Å²) in [6, 6.07) is 15.8. The molecule has 9 nitrogen and oxygen atoms in total. The first-order valence-corrected chi connectivity index (χ1v) is 14.3. The average Bonchev–Trinajstić information content (AvgIpc) is 2.97. The van der Waals surface area contributed by atoms with Crippen molar-refractivity contribution in [2.75, 3.05) is 13.2 Å². The maximum Gasteiger partial charge on any atom is 0.345 e. The number of rotatable bonds is 19. The summed E-state index contributed by atoms with van der Waals surface area (Å²) >= 11 is 0. The second-order valence-electron chi connectivity index (χ2n) is 11.2. The molecule has 2 rings (SSSR count). The largest absolute Gasteiger partial charge is 0.461 e. The number of hydrogen-bond acceptors (Lipinski definition) is 8. The summed E-state index contributed by atoms with van der Waals surface area (Å²) in [5.41, 5.74) is 0.614. The monoisotopic (exact) mass is 641 g/mol. The van der Waals surface area contributed by atoms with Gasteiger partial charge in [-0.05, 0) is 44.7 Å². The van der Waals surface area contributed by atoms with Crippen LogP contribution in [0.25, 0.3) is 0 Å². The summed E-state index contributed by atoms with van der Waals surface area (Å²) in [7, 11) is 0. The lowest BCUT2D eigenvalue weighted by molar-refractivity contribution is -0.167. The van der Waals surface area contributed by atoms with Crippen LogP contribution in [0.5, 0.6) is 0 Å². The van der Waals surface area contributed by atoms with Crippen molar-refractivity contribution in [2.45, 2.75) is 77.9 Å². The van der Waals surface area contributed by atoms with Gasteiger partial charge in [0, 0.05) is 12.3 Å². The van der Waals surface area contributed by atoms with Crippen LogP contribution in [0.4, 0.5) is 17.6 Å². The highest BCUT2D eigenvalue weighted by Crippen LogP contribution is 2.19. The molecular weight excluding hydrogens is 602 g/mol. The minimum Gasteiger partial charge on any atom is -0.461 e. The second kappa shape index (κ2) is 18.8. The van der Waals surface area contributed by atoms with Gasteiger partial charge >= 0.3 is 25.2 Å². The molecule has 0 aliphatic heterocycles. The molecule has 0 aliphatic carbocycles. The number of aryl methyl sites for hydroxylation is 1. The molecule has 0 aromatic heterocycles. The van der Waals surface area contributed by atoms with Gasteiger partial charge in [-0.15, -0.1) is 0 Å². The van der Waals surface area contributed by atoms with Gasteiger partial charge in [0.05, 0.1) is 25.6 Å². The zero-order valence-electron chi connectivity index (χ0n) is 25.4. The predicted molar refractivity (Wildman–Crippen MR) is 154 cm³/mol. The number of ether oxygens (including phenoxy) is 4. The lowest BCUT2D eigenvalue weighted by Gasteiger charge is -2.25. The molecule has 2 aromatic carbocycles. The number of carbonyl (C=O) groups is 4. The van der Waals surface area contributed by atoms with Crippen molar-refractivity contribution in [3.8, 4) is 0 Å². The standard InChI is InChI=1S/C32H39F4NO8/c1-32(2,3)45-27(39)17-23(15-14-21-10-6-4-7-11-21)28(40)37-25(20-44-31(35)36)26(38)16-24(19-43-30(33)34)29(41)42-18-22-12-8-5-9-13-22/h4-13,23-25,30-31H,14-20H2,1-3H3,(H,37,40)/t23-,24+,25+/m1/s1. The first-order chi connectivity index (χ1) is 21.2. The third-order valence-corrected chi connectivity index (χ3v) is 6.35. The molecular formula is C32H39F4NO8. The Kier molecular flexibility index (Phi) is 15.6. The maximum absolute atomic E-state index is 13.4. The third-order valence-electron chi connectivity index (χ3n) is 6.35. The third kappa shape index (κ3) is 15.6. The Labute approximate surface area is 259 Å². The van der Waals surface area contributed by atoms with Crippen LogP contribution >= 0.6 is 0 Å². The van der Waals surface area contributed by atoms with Crippen molar-refractivity contribution < 1.29 is 55.7 Å². The lowest BCUT2D eigenvalue weighted by atomic mass is 9.94. The number of esters is 2. The van der Waals surface area contributed by atoms with Crippen molar-refractivity contribution in [1.29, 1.82) is 0 Å². The van der Waals surface area contributed by atoms with Crippen LogP contribution < -0.4 is 5.32 Å². The van der Waals surface area contributed by atoms with E-state index < -0.39 is 80.0 Å². The highest BCUT2D eigenvalue weighted by molar-refractivity contribution is 5.93. The highest BCUT2D eigenvalue weighted by Gasteiger charge is 2.33. The van der Waals surface area contributed by atoms with E-state index in [1.54, 1.807) is 63.2 Å². The summed E-state index contributed by atoms with van der Waals surface area (Å²) in [5, 5.41) is 2.35. The normalized spacial score (nSPS) is 13.6. The van der Waals surface area contributed by atoms with Crippen molar-refractivity contribution >= 4 is 23.6 Å². The van der Waals surface area contributed by atoms with Crippen molar-refractivity contribution in [2.24, 2.45) is 11.8 Å². The summed E-state index contributed by atoms with van der Waals surface area (Å²) < 4.78 is 70.7. The van der Waals surface area contributed by atoms with Gasteiger partial charge in [0.15, 0.2) is 5.78 Å². The van der Waals surface area contributed by atoms with Gasteiger partial charge in [-0.2, -0.15) is 17.6 Å². The molecule has 0 heterocycles. The molecule has 1 N–H and O–H groups in total. The summed E-state index contributed by atoms with van der Waals surface area (Å²) in [4.78, 5) is 52.0. The van der Waals surface area contributed by atoms with Crippen LogP contribution in [-0.4, -0.2) is 61.7 Å². The molecule has 0 radical (unpaired) electrons. The Morgan fingerprint density at radius 2 is 1.31 bits per heavy atom. The number of amides is 1. The number of ketones is 1. The van der Waals surface area contributed by atoms with Gasteiger partial charge in [0.1, 0.15) is 18.2 Å². The van der Waals surface area contributed by atoms with E-state index in [0.29, 0.717) is 12.0 Å². The number of carbonyl (C=O) groups excluding carboxylic acids is 4. The number of halogens is 4. The molecule has 45 heavy (non-hydrogen) atoms. The topological polar surface area (TPSA) is 117 Å². The number of Topliss-reactive ketones (excluding diaryl/α,β-unsaturated/α-hetero) is 1. The number of hydrogen-bond donors (Lipinski definition) is 1. The Morgan fingerprint density at radius 3 is 1.87 bits per heavy atom. The Hall–Kier alpha value is -3.84. The molecule has 248 valence electrons. The van der Waals surface area contributed by atoms with Crippen LogP contribution in [0.15, 0.2) is 60.7 Å². The lowest BCUT2D eigenvalue weighted by Crippen LogP contribution is -2.48. The summed E-state index contributed by atoms with van der Waals surface area (Å²) in [5.74, 6) is -6.10. The van der Waals surface area contributed by atoms with E-state index in [9.17, 15) is 36.7 Å². The van der Waals surface area contributed by atoms with Crippen LogP contribution in [0.2, 0.25) is 0 Å². The maximum atomic E-state index is 13.4. The second-order valence-corrected chi connectivity index (χ2v) is 11.2. The van der Waals surface area contributed by atoms with E-state index in [0.717, 1.165) is 5.56 Å². The fraction of sp³-hybridized carbons (Fsp3) is 0.500. The quantitative estimate of drug-likeness (QED) is 0.163. The van der Waals surface area contributed by atoms with Gasteiger partial charge in [-0.3, -0.25) is 19.2 Å². The van der Waals surface area contributed by atoms with Gasteiger partial charge in [-0.1, -0.05) is 60.7 Å². The molecule has 0 aliphatic rings. The fourth-order valence-electron chi connectivity index (χ4n) is 4.20. The average molecular weight is 642 g/mol. The first kappa shape index (κ1) is 37.3. The van der Waals surface area contributed by atoms with Gasteiger partial charge < -0.3 is 24.3 Å². The summed E-state index contributed by atoms with van der Waals surface area (Å²) in [6.07, 6.45) is -0.654. The zero-order chi connectivity index (χ0) is 33.4. The molecule has 13 heteroatoms. The van der Waals surface area contributed by atoms with Crippen molar-refractivity contribution in [1.82, 2.24) is 5.32 Å². The van der Waals surface area contributed by atoms with Gasteiger partial charge in [0.2, 0.25) is 5.91 Å². The highest BCUT2D eigenvalue weighted by atomic mass is 19.3. The zero-order valence-corrected chi connectivity index (χ0v) is 25.4. The van der Waals surface area contributed by atoms with Crippen molar-refractivity contribution in [3.63, 3.8) is 0 Å². The Morgan fingerprint density at radius 1 is 0.756 bits per heavy atom. The molecule has 2 aromatic rings. The van der Waals surface area contributed by atoms with E-state index in [2.05, 4.69) is 14.8 Å². The van der Waals surface area contributed by atoms with Crippen molar-refractivity contribution in [3.05, 3.63) is 71.8 Å². The Balaban J connectivity index is 2.21. The number of nitrogens with one attached hydrogen (secondary N) is 1. The summed E-state index contributed by atoms with van der Waals surface area (Å²) in [6.45, 7) is -3.73. The van der Waals surface area contributed by atoms with Crippen LogP contribution in [0, 0.1) is 11.8 Å². The van der Waals surface area contributed by atoms with Crippen LogP contribution in [0.3, 0.4) is 0 Å². The molecule has 0 spiro atoms. The van der Waals surface area contributed by atoms with Gasteiger partial charge in [-0.25, -0.2) is 0 Å². The predicted octanol–water partition coefficient (Wildman–Crippen LogP) is 5.25. The fourth-order valence-corrected chi connectivity index (χ4v) is 4.20. The smallest absolute Gasteiger partial charge is 0.345 e. The van der Waals surface area contributed by atoms with Crippen LogP contribution in [-0.2, 0) is 51.2 Å². The van der Waals surface area contributed by atoms with E-state index in [4.69, 9.17) is 9.47 Å². The molecule has 0 saturated heterocycles. The van der Waals surface area contributed by atoms with E-state index in [1.807, 2.05) is 18.2 Å². The number of benzene rings is 2. The number of alkyl halides is 4. The van der Waals surface area contributed by atoms with E-state index in [-0.39, 0.29) is 19.4 Å². The van der Waals surface area contributed by atoms with E-state index >= 15 is 0 Å². The first-order valence-electron chi connectivity index (χ1n) is 14.3. The SMILES string of the molecule is CC(C)(C)OC(=O)C[C@@H](CCc1ccccc1)C(=O)N[C@@H](COC(F)F)C(=O)C[C@@H](COC(F)F)C(=O)OCc1ccccc1.